The SMILES string of the molecule is CC(CF)NC1CCC(C)(C)CC1. The highest BCUT2D eigenvalue weighted by atomic mass is 19.1. The van der Waals surface area contributed by atoms with Crippen LogP contribution in [0.5, 0.6) is 0 Å². The van der Waals surface area contributed by atoms with Crippen molar-refractivity contribution in [1.82, 2.24) is 5.32 Å². The minimum absolute atomic E-state index is 0.0335. The van der Waals surface area contributed by atoms with Gasteiger partial charge in [-0.05, 0) is 38.0 Å². The van der Waals surface area contributed by atoms with E-state index in [1.165, 1.54) is 25.7 Å². The first kappa shape index (κ1) is 11.0. The summed E-state index contributed by atoms with van der Waals surface area (Å²) in [5, 5.41) is 3.33. The van der Waals surface area contributed by atoms with Gasteiger partial charge in [-0.15, -0.1) is 0 Å². The smallest absolute Gasteiger partial charge is 0.104 e. The molecule has 1 aliphatic carbocycles. The second kappa shape index (κ2) is 4.41. The van der Waals surface area contributed by atoms with Crippen molar-refractivity contribution in [1.29, 1.82) is 0 Å². The maximum Gasteiger partial charge on any atom is 0.104 e. The molecule has 1 rings (SSSR count). The molecule has 0 radical (unpaired) electrons. The molecule has 1 atom stereocenters. The van der Waals surface area contributed by atoms with Crippen molar-refractivity contribution >= 4 is 0 Å². The topological polar surface area (TPSA) is 12.0 Å². The predicted octanol–water partition coefficient (Wildman–Crippen LogP) is 2.90. The van der Waals surface area contributed by atoms with Gasteiger partial charge in [0.2, 0.25) is 0 Å². The van der Waals surface area contributed by atoms with Crippen LogP contribution in [-0.2, 0) is 0 Å². The van der Waals surface area contributed by atoms with Gasteiger partial charge in [0.25, 0.3) is 0 Å². The lowest BCUT2D eigenvalue weighted by Crippen LogP contribution is -2.41. The molecule has 1 N–H and O–H groups in total. The van der Waals surface area contributed by atoms with E-state index in [-0.39, 0.29) is 12.7 Å². The molecule has 1 fully saturated rings. The highest BCUT2D eigenvalue weighted by molar-refractivity contribution is 4.83. The molecular weight excluding hydrogens is 165 g/mol. The first-order chi connectivity index (χ1) is 6.03. The summed E-state index contributed by atoms with van der Waals surface area (Å²) in [6.07, 6.45) is 4.95. The Morgan fingerprint density at radius 2 is 1.92 bits per heavy atom. The molecular formula is C11H22FN. The fourth-order valence-electron chi connectivity index (χ4n) is 2.01. The monoisotopic (exact) mass is 187 g/mol. The molecule has 78 valence electrons. The highest BCUT2D eigenvalue weighted by Crippen LogP contribution is 2.35. The summed E-state index contributed by atoms with van der Waals surface area (Å²) in [6.45, 7) is 6.31. The Morgan fingerprint density at radius 1 is 1.38 bits per heavy atom. The normalized spacial score (nSPS) is 25.8. The van der Waals surface area contributed by atoms with Crippen LogP contribution in [0.15, 0.2) is 0 Å². The van der Waals surface area contributed by atoms with E-state index in [9.17, 15) is 4.39 Å². The fraction of sp³-hybridized carbons (Fsp3) is 1.00. The number of hydrogen-bond acceptors (Lipinski definition) is 1. The van der Waals surface area contributed by atoms with E-state index in [0.717, 1.165) is 0 Å². The molecule has 0 aromatic carbocycles. The summed E-state index contributed by atoms with van der Waals surface area (Å²) in [6, 6.07) is 0.588. The quantitative estimate of drug-likeness (QED) is 0.716. The Labute approximate surface area is 81.1 Å². The van der Waals surface area contributed by atoms with Crippen LogP contribution in [-0.4, -0.2) is 18.8 Å². The Morgan fingerprint density at radius 3 is 2.38 bits per heavy atom. The van der Waals surface area contributed by atoms with Crippen LogP contribution in [0.4, 0.5) is 4.39 Å². The van der Waals surface area contributed by atoms with Crippen LogP contribution in [0.3, 0.4) is 0 Å². The molecule has 2 heteroatoms. The summed E-state index contributed by atoms with van der Waals surface area (Å²) in [5.41, 5.74) is 0.511. The zero-order chi connectivity index (χ0) is 9.90. The molecule has 0 spiro atoms. The largest absolute Gasteiger partial charge is 0.309 e. The molecule has 0 aromatic rings. The van der Waals surface area contributed by atoms with Crippen LogP contribution in [0, 0.1) is 5.41 Å². The Bertz CT molecular complexity index is 146. The lowest BCUT2D eigenvalue weighted by Gasteiger charge is -2.35. The second-order valence-electron chi connectivity index (χ2n) is 5.16. The first-order valence-electron chi connectivity index (χ1n) is 5.35. The summed E-state index contributed by atoms with van der Waals surface area (Å²) in [7, 11) is 0. The lowest BCUT2D eigenvalue weighted by atomic mass is 9.75. The lowest BCUT2D eigenvalue weighted by molar-refractivity contribution is 0.194. The van der Waals surface area contributed by atoms with Gasteiger partial charge in [-0.2, -0.15) is 0 Å². The van der Waals surface area contributed by atoms with Gasteiger partial charge in [-0.25, -0.2) is 4.39 Å². The van der Waals surface area contributed by atoms with Crippen molar-refractivity contribution in [3.05, 3.63) is 0 Å². The van der Waals surface area contributed by atoms with Crippen molar-refractivity contribution < 1.29 is 4.39 Å². The molecule has 1 aliphatic rings. The summed E-state index contributed by atoms with van der Waals surface area (Å²) in [4.78, 5) is 0. The molecule has 0 saturated heterocycles. The average Bonchev–Trinajstić information content (AvgIpc) is 2.08. The third kappa shape index (κ3) is 3.63. The van der Waals surface area contributed by atoms with Gasteiger partial charge in [-0.3, -0.25) is 0 Å². The number of hydrogen-bond donors (Lipinski definition) is 1. The molecule has 1 nitrogen and oxygen atoms in total. The van der Waals surface area contributed by atoms with E-state index in [1.807, 2.05) is 6.92 Å². The minimum atomic E-state index is -0.250. The Balaban J connectivity index is 2.25. The maximum atomic E-state index is 12.2. The van der Waals surface area contributed by atoms with Crippen molar-refractivity contribution in [2.75, 3.05) is 6.67 Å². The zero-order valence-corrected chi connectivity index (χ0v) is 9.07. The van der Waals surface area contributed by atoms with Gasteiger partial charge in [0.05, 0.1) is 0 Å². The van der Waals surface area contributed by atoms with Gasteiger partial charge >= 0.3 is 0 Å². The fourth-order valence-corrected chi connectivity index (χ4v) is 2.01. The molecule has 1 saturated carbocycles. The molecule has 1 unspecified atom stereocenters. The van der Waals surface area contributed by atoms with Crippen molar-refractivity contribution in [2.45, 2.75) is 58.5 Å². The van der Waals surface area contributed by atoms with Gasteiger partial charge in [0.1, 0.15) is 6.67 Å². The minimum Gasteiger partial charge on any atom is -0.309 e. The van der Waals surface area contributed by atoms with Gasteiger partial charge in [0, 0.05) is 12.1 Å². The Hall–Kier alpha value is -0.110. The number of halogens is 1. The number of nitrogens with one attached hydrogen (secondary N) is 1. The summed E-state index contributed by atoms with van der Waals surface area (Å²) in [5.74, 6) is 0. The highest BCUT2D eigenvalue weighted by Gasteiger charge is 2.26. The maximum absolute atomic E-state index is 12.2. The first-order valence-corrected chi connectivity index (χ1v) is 5.35. The van der Waals surface area contributed by atoms with Crippen LogP contribution >= 0.6 is 0 Å². The van der Waals surface area contributed by atoms with Crippen LogP contribution in [0.25, 0.3) is 0 Å². The second-order valence-corrected chi connectivity index (χ2v) is 5.16. The van der Waals surface area contributed by atoms with E-state index < -0.39 is 0 Å². The van der Waals surface area contributed by atoms with Crippen molar-refractivity contribution in [2.24, 2.45) is 5.41 Å². The van der Waals surface area contributed by atoms with Crippen molar-refractivity contribution in [3.8, 4) is 0 Å². The average molecular weight is 187 g/mol. The molecule has 0 aromatic heterocycles. The predicted molar refractivity (Wildman–Crippen MR) is 54.6 cm³/mol. The number of alkyl halides is 1. The summed E-state index contributed by atoms with van der Waals surface area (Å²) >= 11 is 0. The van der Waals surface area contributed by atoms with E-state index in [2.05, 4.69) is 19.2 Å². The van der Waals surface area contributed by atoms with Crippen LogP contribution in [0.2, 0.25) is 0 Å². The number of rotatable bonds is 3. The molecule has 0 heterocycles. The van der Waals surface area contributed by atoms with Gasteiger partial charge in [0.15, 0.2) is 0 Å². The zero-order valence-electron chi connectivity index (χ0n) is 9.07. The Kier molecular flexibility index (Phi) is 3.72. The third-order valence-corrected chi connectivity index (χ3v) is 3.09. The molecule has 0 aliphatic heterocycles. The van der Waals surface area contributed by atoms with Crippen LogP contribution < -0.4 is 5.32 Å². The molecule has 0 amide bonds. The molecule has 0 bridgehead atoms. The van der Waals surface area contributed by atoms with E-state index in [0.29, 0.717) is 11.5 Å². The standard InChI is InChI=1S/C11H22FN/c1-9(8-12)13-10-4-6-11(2,3)7-5-10/h9-10,13H,4-8H2,1-3H3. The van der Waals surface area contributed by atoms with Gasteiger partial charge < -0.3 is 5.32 Å². The third-order valence-electron chi connectivity index (χ3n) is 3.09. The van der Waals surface area contributed by atoms with E-state index in [4.69, 9.17) is 0 Å². The van der Waals surface area contributed by atoms with Crippen LogP contribution in [0.1, 0.15) is 46.5 Å². The van der Waals surface area contributed by atoms with Crippen molar-refractivity contribution in [3.63, 3.8) is 0 Å². The van der Waals surface area contributed by atoms with Gasteiger partial charge in [-0.1, -0.05) is 13.8 Å². The van der Waals surface area contributed by atoms with E-state index in [1.54, 1.807) is 0 Å². The molecule has 13 heavy (non-hydrogen) atoms. The summed E-state index contributed by atoms with van der Waals surface area (Å²) < 4.78 is 12.2. The van der Waals surface area contributed by atoms with E-state index >= 15 is 0 Å².